The Morgan fingerprint density at radius 3 is 2.29 bits per heavy atom. The maximum atomic E-state index is 15.8. The van der Waals surface area contributed by atoms with Crippen molar-refractivity contribution in [1.82, 2.24) is 29.1 Å². The highest BCUT2D eigenvalue weighted by Crippen LogP contribution is 2.34. The van der Waals surface area contributed by atoms with E-state index in [2.05, 4.69) is 20.1 Å². The fourth-order valence-corrected chi connectivity index (χ4v) is 6.01. The molecule has 0 unspecified atom stereocenters. The number of piperazine rings is 1. The highest BCUT2D eigenvalue weighted by Gasteiger charge is 2.29. The number of halogens is 4. The fraction of sp³-hybridized carbons (Fsp3) is 0.400. The first-order chi connectivity index (χ1) is 24.1. The molecule has 0 saturated carbocycles. The standard InChI is InChI=1S/C35H39ClF3N7O5/c1-20-23(9-10-24(29(20)37)26-18-41-46(21(26)2)15-16-50-33(38)39)28-19-40-30(43(28)6)31(47)42-22-7-8-25(27(36)17-22)32(48)44-11-13-45(14-12-44)34(49)51-35(3,4)5/h7-10,17-19,33H,11-16H2,1-6H3,(H,42,47). The summed E-state index contributed by atoms with van der Waals surface area (Å²) in [5, 5.41) is 7.08. The highest BCUT2D eigenvalue weighted by atomic mass is 35.5. The molecule has 1 N–H and O–H groups in total. The Morgan fingerprint density at radius 1 is 0.980 bits per heavy atom. The van der Waals surface area contributed by atoms with Crippen molar-refractivity contribution in [1.29, 1.82) is 0 Å². The van der Waals surface area contributed by atoms with Crippen molar-refractivity contribution in [3.05, 3.63) is 76.2 Å². The van der Waals surface area contributed by atoms with Gasteiger partial charge in [-0.05, 0) is 58.4 Å². The predicted molar refractivity (Wildman–Crippen MR) is 184 cm³/mol. The average molecular weight is 730 g/mol. The number of nitrogens with zero attached hydrogens (tertiary/aromatic N) is 6. The lowest BCUT2D eigenvalue weighted by atomic mass is 9.98. The first-order valence-electron chi connectivity index (χ1n) is 16.2. The number of imidazole rings is 1. The number of alkyl halides is 2. The zero-order valence-electron chi connectivity index (χ0n) is 29.1. The van der Waals surface area contributed by atoms with Gasteiger partial charge in [0.25, 0.3) is 11.8 Å². The van der Waals surface area contributed by atoms with Gasteiger partial charge >= 0.3 is 12.7 Å². The van der Waals surface area contributed by atoms with E-state index in [1.54, 1.807) is 74.2 Å². The minimum atomic E-state index is -2.89. The van der Waals surface area contributed by atoms with E-state index >= 15 is 4.39 Å². The van der Waals surface area contributed by atoms with Crippen LogP contribution >= 0.6 is 11.6 Å². The molecule has 2 aromatic carbocycles. The Labute approximate surface area is 298 Å². The summed E-state index contributed by atoms with van der Waals surface area (Å²) in [7, 11) is 1.63. The monoisotopic (exact) mass is 729 g/mol. The molecule has 272 valence electrons. The molecule has 3 heterocycles. The fourth-order valence-electron chi connectivity index (χ4n) is 5.75. The van der Waals surface area contributed by atoms with Crippen LogP contribution < -0.4 is 5.32 Å². The van der Waals surface area contributed by atoms with E-state index in [1.165, 1.54) is 29.2 Å². The number of aromatic nitrogens is 4. The summed E-state index contributed by atoms with van der Waals surface area (Å²) >= 11 is 6.50. The maximum absolute atomic E-state index is 15.8. The lowest BCUT2D eigenvalue weighted by molar-refractivity contribution is -0.130. The van der Waals surface area contributed by atoms with E-state index in [0.29, 0.717) is 59.9 Å². The van der Waals surface area contributed by atoms with E-state index in [9.17, 15) is 23.2 Å². The molecule has 2 aromatic heterocycles. The quantitative estimate of drug-likeness (QED) is 0.207. The SMILES string of the molecule is Cc1c(-c2cnc(C(=O)Nc3ccc(C(=O)N4CCN(C(=O)OC(C)(C)C)CC4)c(Cl)c3)n2C)ccc(-c2cnn(CCOC(F)F)c2C)c1F. The third-order valence-electron chi connectivity index (χ3n) is 8.47. The van der Waals surface area contributed by atoms with Crippen molar-refractivity contribution >= 4 is 35.2 Å². The summed E-state index contributed by atoms with van der Waals surface area (Å²) in [6.07, 6.45) is 2.52. The summed E-state index contributed by atoms with van der Waals surface area (Å²) < 4.78 is 53.2. The Kier molecular flexibility index (Phi) is 11.1. The van der Waals surface area contributed by atoms with Crippen LogP contribution in [0.1, 0.15) is 53.0 Å². The third-order valence-corrected chi connectivity index (χ3v) is 8.78. The van der Waals surface area contributed by atoms with Crippen LogP contribution in [0.4, 0.5) is 23.7 Å². The number of rotatable bonds is 9. The van der Waals surface area contributed by atoms with E-state index < -0.39 is 30.0 Å². The second-order valence-corrected chi connectivity index (χ2v) is 13.4. The van der Waals surface area contributed by atoms with Crippen molar-refractivity contribution in [3.63, 3.8) is 0 Å². The number of hydrogen-bond acceptors (Lipinski definition) is 7. The summed E-state index contributed by atoms with van der Waals surface area (Å²) in [6, 6.07) is 7.88. The molecule has 0 radical (unpaired) electrons. The molecule has 4 aromatic rings. The molecule has 12 nitrogen and oxygen atoms in total. The molecule has 5 rings (SSSR count). The molecule has 1 fully saturated rings. The van der Waals surface area contributed by atoms with Gasteiger partial charge in [0, 0.05) is 61.3 Å². The Morgan fingerprint density at radius 2 is 1.65 bits per heavy atom. The Hall–Kier alpha value is -4.89. The highest BCUT2D eigenvalue weighted by molar-refractivity contribution is 6.34. The van der Waals surface area contributed by atoms with E-state index in [1.807, 2.05) is 0 Å². The summed E-state index contributed by atoms with van der Waals surface area (Å²) in [5.74, 6) is -1.30. The molecule has 0 aliphatic carbocycles. The van der Waals surface area contributed by atoms with Gasteiger partial charge in [0.2, 0.25) is 0 Å². The molecule has 0 atom stereocenters. The molecule has 0 spiro atoms. The lowest BCUT2D eigenvalue weighted by Gasteiger charge is -2.35. The van der Waals surface area contributed by atoms with Gasteiger partial charge < -0.3 is 29.2 Å². The van der Waals surface area contributed by atoms with Gasteiger partial charge in [-0.2, -0.15) is 13.9 Å². The minimum Gasteiger partial charge on any atom is -0.444 e. The number of nitrogens with one attached hydrogen (secondary N) is 1. The van der Waals surface area contributed by atoms with Gasteiger partial charge in [-0.3, -0.25) is 14.3 Å². The number of benzene rings is 2. The maximum Gasteiger partial charge on any atom is 0.410 e. The van der Waals surface area contributed by atoms with Gasteiger partial charge in [-0.15, -0.1) is 0 Å². The largest absolute Gasteiger partial charge is 0.444 e. The first-order valence-corrected chi connectivity index (χ1v) is 16.5. The van der Waals surface area contributed by atoms with E-state index in [0.717, 1.165) is 0 Å². The van der Waals surface area contributed by atoms with Crippen LogP contribution in [0.5, 0.6) is 0 Å². The van der Waals surface area contributed by atoms with Crippen molar-refractivity contribution in [2.75, 3.05) is 38.1 Å². The predicted octanol–water partition coefficient (Wildman–Crippen LogP) is 6.54. The number of carbonyl (C=O) groups is 3. The van der Waals surface area contributed by atoms with Crippen molar-refractivity contribution in [2.45, 2.75) is 53.4 Å². The normalized spacial score (nSPS) is 13.5. The topological polar surface area (TPSA) is 124 Å². The van der Waals surface area contributed by atoms with E-state index in [4.69, 9.17) is 16.3 Å². The van der Waals surface area contributed by atoms with E-state index in [-0.39, 0.29) is 41.0 Å². The zero-order valence-corrected chi connectivity index (χ0v) is 29.9. The second-order valence-electron chi connectivity index (χ2n) is 13.0. The smallest absolute Gasteiger partial charge is 0.410 e. The average Bonchev–Trinajstić information content (AvgIpc) is 3.63. The van der Waals surface area contributed by atoms with Crippen molar-refractivity contribution < 1.29 is 37.0 Å². The summed E-state index contributed by atoms with van der Waals surface area (Å²) in [6.45, 7) is 6.93. The molecule has 1 saturated heterocycles. The van der Waals surface area contributed by atoms with Crippen LogP contribution in [0, 0.1) is 19.7 Å². The van der Waals surface area contributed by atoms with Gasteiger partial charge in [0.1, 0.15) is 11.4 Å². The van der Waals surface area contributed by atoms with Crippen LogP contribution in [-0.2, 0) is 23.1 Å². The Bertz CT molecular complexity index is 1950. The lowest BCUT2D eigenvalue weighted by Crippen LogP contribution is -2.51. The number of ether oxygens (including phenoxy) is 2. The van der Waals surface area contributed by atoms with Crippen LogP contribution in [0.2, 0.25) is 5.02 Å². The van der Waals surface area contributed by atoms with Gasteiger partial charge in [0.05, 0.1) is 41.8 Å². The molecule has 51 heavy (non-hydrogen) atoms. The zero-order chi connectivity index (χ0) is 37.2. The van der Waals surface area contributed by atoms with Gasteiger partial charge in [-0.25, -0.2) is 14.2 Å². The molecule has 3 amide bonds. The van der Waals surface area contributed by atoms with Crippen LogP contribution in [0.25, 0.3) is 22.4 Å². The molecule has 16 heteroatoms. The van der Waals surface area contributed by atoms with Crippen molar-refractivity contribution in [2.24, 2.45) is 7.05 Å². The number of hydrogen-bond donors (Lipinski definition) is 1. The summed E-state index contributed by atoms with van der Waals surface area (Å²) in [4.78, 5) is 46.4. The van der Waals surface area contributed by atoms with Gasteiger partial charge in [-0.1, -0.05) is 23.7 Å². The van der Waals surface area contributed by atoms with Crippen LogP contribution in [0.15, 0.2) is 42.7 Å². The molecule has 1 aliphatic heterocycles. The van der Waals surface area contributed by atoms with Crippen LogP contribution in [-0.4, -0.2) is 92.0 Å². The molecule has 1 aliphatic rings. The summed E-state index contributed by atoms with van der Waals surface area (Å²) in [5.41, 5.74) is 2.68. The number of anilines is 1. The van der Waals surface area contributed by atoms with Crippen molar-refractivity contribution in [3.8, 4) is 22.4 Å². The second kappa shape index (κ2) is 15.2. The minimum absolute atomic E-state index is 0.0520. The van der Waals surface area contributed by atoms with Gasteiger partial charge in [0.15, 0.2) is 5.82 Å². The Balaban J connectivity index is 1.25. The first kappa shape index (κ1) is 37.4. The van der Waals surface area contributed by atoms with Crippen LogP contribution in [0.3, 0.4) is 0 Å². The third kappa shape index (κ3) is 8.37. The molecule has 0 bridgehead atoms. The molecular formula is C35H39ClF3N7O5. The number of amides is 3. The number of carbonyl (C=O) groups excluding carboxylic acids is 3. The molecular weight excluding hydrogens is 691 g/mol.